The van der Waals surface area contributed by atoms with Gasteiger partial charge in [-0.3, -0.25) is 13.9 Å². The van der Waals surface area contributed by atoms with Crippen LogP contribution in [0.15, 0.2) is 108 Å². The van der Waals surface area contributed by atoms with Gasteiger partial charge in [0.25, 0.3) is 10.0 Å². The Labute approximate surface area is 280 Å². The Morgan fingerprint density at radius 3 is 2.02 bits per heavy atom. The number of hydrogen-bond acceptors (Lipinski definition) is 5. The summed E-state index contributed by atoms with van der Waals surface area (Å²) in [4.78, 5) is 29.2. The third-order valence-corrected chi connectivity index (χ3v) is 9.83. The number of halogens is 2. The van der Waals surface area contributed by atoms with Crippen LogP contribution < -0.4 is 14.4 Å². The van der Waals surface area contributed by atoms with Crippen molar-refractivity contribution >= 4 is 50.7 Å². The highest BCUT2D eigenvalue weighted by molar-refractivity contribution is 7.92. The predicted octanol–water partition coefficient (Wildman–Crippen LogP) is 7.70. The van der Waals surface area contributed by atoms with Gasteiger partial charge in [0.05, 0.1) is 10.6 Å². The van der Waals surface area contributed by atoms with Crippen molar-refractivity contribution in [3.63, 3.8) is 0 Å². The van der Waals surface area contributed by atoms with E-state index in [4.69, 9.17) is 27.9 Å². The normalized spacial score (nSPS) is 12.5. The molecule has 0 aliphatic carbocycles. The molecule has 0 aliphatic rings. The zero-order valence-corrected chi connectivity index (χ0v) is 28.2. The van der Waals surface area contributed by atoms with E-state index in [2.05, 4.69) is 5.32 Å². The van der Waals surface area contributed by atoms with Gasteiger partial charge in [0, 0.05) is 22.6 Å². The molecule has 0 saturated heterocycles. The Balaban J connectivity index is 1.73. The highest BCUT2D eigenvalue weighted by Gasteiger charge is 2.34. The smallest absolute Gasteiger partial charge is 0.264 e. The van der Waals surface area contributed by atoms with E-state index in [9.17, 15) is 18.0 Å². The lowest BCUT2D eigenvalue weighted by molar-refractivity contribution is -0.140. The minimum absolute atomic E-state index is 0.0151. The minimum Gasteiger partial charge on any atom is -0.457 e. The summed E-state index contributed by atoms with van der Waals surface area (Å²) in [5.41, 5.74) is 0.813. The summed E-state index contributed by atoms with van der Waals surface area (Å²) >= 11 is 12.6. The molecule has 11 heteroatoms. The lowest BCUT2D eigenvalue weighted by Crippen LogP contribution is -2.53. The predicted molar refractivity (Wildman–Crippen MR) is 183 cm³/mol. The van der Waals surface area contributed by atoms with E-state index < -0.39 is 28.5 Å². The van der Waals surface area contributed by atoms with Crippen LogP contribution in [0.2, 0.25) is 10.0 Å². The number of carbonyl (C=O) groups excluding carboxylic acids is 2. The number of rotatable bonds is 14. The molecule has 0 bridgehead atoms. The van der Waals surface area contributed by atoms with Crippen molar-refractivity contribution in [2.45, 2.75) is 57.1 Å². The van der Waals surface area contributed by atoms with Crippen molar-refractivity contribution in [3.8, 4) is 11.5 Å². The zero-order chi connectivity index (χ0) is 33.3. The minimum atomic E-state index is -4.22. The molecule has 0 aliphatic heterocycles. The van der Waals surface area contributed by atoms with Crippen LogP contribution in [0.3, 0.4) is 0 Å². The van der Waals surface area contributed by atoms with Crippen molar-refractivity contribution in [3.05, 3.63) is 119 Å². The van der Waals surface area contributed by atoms with Crippen LogP contribution in [-0.4, -0.2) is 43.8 Å². The maximum atomic E-state index is 14.3. The number of nitrogens with one attached hydrogen (secondary N) is 1. The van der Waals surface area contributed by atoms with E-state index in [1.54, 1.807) is 67.6 Å². The first-order valence-corrected chi connectivity index (χ1v) is 17.2. The molecule has 4 aromatic carbocycles. The van der Waals surface area contributed by atoms with Gasteiger partial charge in [-0.05, 0) is 86.0 Å². The molecule has 242 valence electrons. The number of benzene rings is 4. The number of nitrogens with zero attached hydrogens (tertiary/aromatic N) is 2. The van der Waals surface area contributed by atoms with Gasteiger partial charge in [-0.2, -0.15) is 0 Å². The molecule has 4 rings (SSSR count). The Morgan fingerprint density at radius 1 is 0.826 bits per heavy atom. The molecule has 8 nitrogen and oxygen atoms in total. The first kappa shape index (κ1) is 34.8. The van der Waals surface area contributed by atoms with Gasteiger partial charge in [-0.25, -0.2) is 8.42 Å². The number of amides is 2. The molecule has 2 amide bonds. The number of sulfonamides is 1. The van der Waals surface area contributed by atoms with E-state index in [0.717, 1.165) is 4.31 Å². The van der Waals surface area contributed by atoms with Crippen molar-refractivity contribution in [1.82, 2.24) is 10.2 Å². The average molecular weight is 683 g/mol. The van der Waals surface area contributed by atoms with E-state index in [0.29, 0.717) is 33.5 Å². The second-order valence-electron chi connectivity index (χ2n) is 10.7. The first-order valence-electron chi connectivity index (χ1n) is 15.0. The number of ether oxygens (including phenoxy) is 1. The summed E-state index contributed by atoms with van der Waals surface area (Å²) < 4.78 is 35.1. The molecular weight excluding hydrogens is 645 g/mol. The molecule has 0 unspecified atom stereocenters. The number of para-hydroxylation sites is 1. The molecule has 0 saturated carbocycles. The molecule has 0 spiro atoms. The summed E-state index contributed by atoms with van der Waals surface area (Å²) in [5, 5.41) is 3.71. The Morgan fingerprint density at radius 2 is 1.43 bits per heavy atom. The van der Waals surface area contributed by atoms with Crippen LogP contribution in [0.25, 0.3) is 0 Å². The fourth-order valence-electron chi connectivity index (χ4n) is 4.75. The topological polar surface area (TPSA) is 96.0 Å². The SMILES string of the molecule is CC[C@H](C)NC(=O)[C@H](CC)N(Cc1ccc(Cl)cc1Cl)C(=O)CN(c1ccc(Oc2ccccc2)cc1)S(=O)(=O)c1ccccc1. The summed E-state index contributed by atoms with van der Waals surface area (Å²) in [6.45, 7) is 5.02. The lowest BCUT2D eigenvalue weighted by Gasteiger charge is -2.34. The monoisotopic (exact) mass is 681 g/mol. The standard InChI is InChI=1S/C35H37Cl2N3O5S/c1-4-25(3)38-35(42)33(5-2)39(23-26-16-17-27(36)22-32(26)37)34(41)24-40(46(43,44)31-14-10-7-11-15-31)28-18-20-30(21-19-28)45-29-12-8-6-9-13-29/h6-22,25,33H,4-5,23-24H2,1-3H3,(H,38,42)/t25-,33-/m0/s1. The van der Waals surface area contributed by atoms with Gasteiger partial charge in [0.2, 0.25) is 11.8 Å². The maximum absolute atomic E-state index is 14.3. The fraction of sp³-hybridized carbons (Fsp3) is 0.257. The molecular formula is C35H37Cl2N3O5S. The third kappa shape index (κ3) is 8.81. The van der Waals surface area contributed by atoms with Crippen LogP contribution in [0.5, 0.6) is 11.5 Å². The largest absolute Gasteiger partial charge is 0.457 e. The zero-order valence-electron chi connectivity index (χ0n) is 25.9. The van der Waals surface area contributed by atoms with E-state index in [1.807, 2.05) is 44.2 Å². The Bertz CT molecular complexity index is 1720. The molecule has 4 aromatic rings. The fourth-order valence-corrected chi connectivity index (χ4v) is 6.65. The Kier molecular flexibility index (Phi) is 12.1. The van der Waals surface area contributed by atoms with Crippen molar-refractivity contribution < 1.29 is 22.7 Å². The maximum Gasteiger partial charge on any atom is 0.264 e. The van der Waals surface area contributed by atoms with Gasteiger partial charge in [-0.1, -0.05) is 79.5 Å². The van der Waals surface area contributed by atoms with Crippen LogP contribution in [-0.2, 0) is 26.2 Å². The second-order valence-corrected chi connectivity index (χ2v) is 13.4. The molecule has 46 heavy (non-hydrogen) atoms. The lowest BCUT2D eigenvalue weighted by atomic mass is 10.1. The highest BCUT2D eigenvalue weighted by atomic mass is 35.5. The number of anilines is 1. The highest BCUT2D eigenvalue weighted by Crippen LogP contribution is 2.29. The Hall–Kier alpha value is -4.05. The van der Waals surface area contributed by atoms with E-state index in [-0.39, 0.29) is 35.5 Å². The first-order chi connectivity index (χ1) is 22.0. The van der Waals surface area contributed by atoms with Gasteiger partial charge in [-0.15, -0.1) is 0 Å². The summed E-state index contributed by atoms with van der Waals surface area (Å²) in [6, 6.07) is 27.4. The molecule has 0 fully saturated rings. The second kappa shape index (κ2) is 16.0. The average Bonchev–Trinajstić information content (AvgIpc) is 3.05. The van der Waals surface area contributed by atoms with E-state index in [1.165, 1.54) is 17.0 Å². The summed E-state index contributed by atoms with van der Waals surface area (Å²) in [6.07, 6.45) is 0.988. The van der Waals surface area contributed by atoms with E-state index >= 15 is 0 Å². The van der Waals surface area contributed by atoms with Crippen LogP contribution in [0, 0.1) is 0 Å². The molecule has 2 atom stereocenters. The van der Waals surface area contributed by atoms with Crippen LogP contribution in [0.4, 0.5) is 5.69 Å². The van der Waals surface area contributed by atoms with Gasteiger partial charge >= 0.3 is 0 Å². The molecule has 0 heterocycles. The number of carbonyl (C=O) groups is 2. The molecule has 0 radical (unpaired) electrons. The van der Waals surface area contributed by atoms with Crippen LogP contribution >= 0.6 is 23.2 Å². The van der Waals surface area contributed by atoms with Crippen molar-refractivity contribution in [2.24, 2.45) is 0 Å². The summed E-state index contributed by atoms with van der Waals surface area (Å²) in [7, 11) is -4.22. The van der Waals surface area contributed by atoms with Crippen LogP contribution in [0.1, 0.15) is 39.2 Å². The number of hydrogen-bond donors (Lipinski definition) is 1. The summed E-state index contributed by atoms with van der Waals surface area (Å²) in [5.74, 6) is 0.193. The van der Waals surface area contributed by atoms with Crippen molar-refractivity contribution in [1.29, 1.82) is 0 Å². The van der Waals surface area contributed by atoms with Gasteiger partial charge in [0.15, 0.2) is 0 Å². The quantitative estimate of drug-likeness (QED) is 0.147. The van der Waals surface area contributed by atoms with Gasteiger partial charge in [0.1, 0.15) is 24.1 Å². The third-order valence-electron chi connectivity index (χ3n) is 7.46. The molecule has 1 N–H and O–H groups in total. The molecule has 0 aromatic heterocycles. The van der Waals surface area contributed by atoms with Gasteiger partial charge < -0.3 is 15.0 Å². The van der Waals surface area contributed by atoms with Crippen molar-refractivity contribution in [2.75, 3.05) is 10.8 Å².